The fourth-order valence-electron chi connectivity index (χ4n) is 1.84. The van der Waals surface area contributed by atoms with Crippen molar-refractivity contribution in [1.82, 2.24) is 9.97 Å². The number of oxime groups is 1. The summed E-state index contributed by atoms with van der Waals surface area (Å²) in [5.74, 6) is 0.681. The molecule has 0 bridgehead atoms. The van der Waals surface area contributed by atoms with Gasteiger partial charge in [0, 0.05) is 12.3 Å². The van der Waals surface area contributed by atoms with Gasteiger partial charge < -0.3 is 9.94 Å². The molecule has 0 atom stereocenters. The molecule has 0 aliphatic rings. The number of hydrogen-bond donors (Lipinski definition) is 1. The molecule has 2 rings (SSSR count). The van der Waals surface area contributed by atoms with Crippen molar-refractivity contribution >= 4 is 18.0 Å². The van der Waals surface area contributed by atoms with Gasteiger partial charge in [0.15, 0.2) is 0 Å². The molecule has 0 aromatic carbocycles. The quantitative estimate of drug-likeness (QED) is 0.405. The number of thioether (sulfide) groups is 1. The lowest BCUT2D eigenvalue weighted by atomic mass is 10.2. The van der Waals surface area contributed by atoms with Crippen LogP contribution in [-0.4, -0.2) is 34.8 Å². The van der Waals surface area contributed by atoms with E-state index in [1.54, 1.807) is 13.3 Å². The molecule has 0 amide bonds. The van der Waals surface area contributed by atoms with Gasteiger partial charge in [-0.2, -0.15) is 0 Å². The molecule has 0 aliphatic heterocycles. The molecule has 0 spiro atoms. The van der Waals surface area contributed by atoms with Crippen LogP contribution in [0.15, 0.2) is 34.4 Å². The topological polar surface area (TPSA) is 67.6 Å². The number of nitrogens with zero attached hydrogens (tertiary/aromatic N) is 3. The largest absolute Gasteiger partial charge is 0.495 e. The minimum atomic E-state index is 0.553. The Morgan fingerprint density at radius 1 is 1.35 bits per heavy atom. The number of aromatic nitrogens is 2. The molecule has 0 unspecified atom stereocenters. The first-order valence-electron chi connectivity index (χ1n) is 5.93. The zero-order chi connectivity index (χ0) is 14.5. The number of methoxy groups -OCH3 is 1. The molecule has 2 heterocycles. The van der Waals surface area contributed by atoms with Gasteiger partial charge in [0.1, 0.15) is 11.4 Å². The van der Waals surface area contributed by atoms with Crippen molar-refractivity contribution in [3.63, 3.8) is 0 Å². The van der Waals surface area contributed by atoms with Crippen LogP contribution in [0.2, 0.25) is 0 Å². The molecule has 2 aromatic heterocycles. The first-order chi connectivity index (χ1) is 9.69. The van der Waals surface area contributed by atoms with E-state index < -0.39 is 0 Å². The average molecular weight is 289 g/mol. The van der Waals surface area contributed by atoms with Gasteiger partial charge in [-0.25, -0.2) is 4.98 Å². The Kier molecular flexibility index (Phi) is 4.57. The maximum Gasteiger partial charge on any atom is 0.136 e. The van der Waals surface area contributed by atoms with Crippen LogP contribution in [0.3, 0.4) is 0 Å². The summed E-state index contributed by atoms with van der Waals surface area (Å²) in [6.45, 7) is 1.99. The van der Waals surface area contributed by atoms with Crippen molar-refractivity contribution in [1.29, 1.82) is 0 Å². The monoisotopic (exact) mass is 289 g/mol. The van der Waals surface area contributed by atoms with Gasteiger partial charge in [-0.1, -0.05) is 5.16 Å². The fourth-order valence-corrected chi connectivity index (χ4v) is 2.49. The predicted molar refractivity (Wildman–Crippen MR) is 79.9 cm³/mol. The van der Waals surface area contributed by atoms with E-state index >= 15 is 0 Å². The maximum absolute atomic E-state index is 8.77. The molecular formula is C14H15N3O2S. The first-order valence-corrected chi connectivity index (χ1v) is 7.15. The molecule has 0 aliphatic carbocycles. The minimum Gasteiger partial charge on any atom is -0.495 e. The Labute approximate surface area is 121 Å². The third-order valence-electron chi connectivity index (χ3n) is 2.75. The van der Waals surface area contributed by atoms with E-state index in [0.717, 1.165) is 16.2 Å². The van der Waals surface area contributed by atoms with Crippen molar-refractivity contribution in [2.75, 3.05) is 13.4 Å². The van der Waals surface area contributed by atoms with Gasteiger partial charge in [0.25, 0.3) is 0 Å². The highest BCUT2D eigenvalue weighted by atomic mass is 32.2. The Morgan fingerprint density at radius 3 is 2.75 bits per heavy atom. The van der Waals surface area contributed by atoms with E-state index in [9.17, 15) is 0 Å². The fraction of sp³-hybridized carbons (Fsp3) is 0.214. The summed E-state index contributed by atoms with van der Waals surface area (Å²) in [6.07, 6.45) is 4.95. The van der Waals surface area contributed by atoms with Crippen molar-refractivity contribution in [3.8, 4) is 17.1 Å². The Hall–Kier alpha value is -2.08. The molecular weight excluding hydrogens is 274 g/mol. The van der Waals surface area contributed by atoms with E-state index in [1.165, 1.54) is 18.0 Å². The predicted octanol–water partition coefficient (Wildman–Crippen LogP) is 2.99. The second kappa shape index (κ2) is 6.38. The molecule has 1 N–H and O–H groups in total. The van der Waals surface area contributed by atoms with E-state index in [-0.39, 0.29) is 0 Å². The van der Waals surface area contributed by atoms with E-state index in [0.29, 0.717) is 17.1 Å². The van der Waals surface area contributed by atoms with Crippen LogP contribution >= 0.6 is 11.8 Å². The zero-order valence-corrected chi connectivity index (χ0v) is 12.3. The van der Waals surface area contributed by atoms with Crippen LogP contribution in [0.25, 0.3) is 11.4 Å². The van der Waals surface area contributed by atoms with E-state index in [4.69, 9.17) is 9.94 Å². The first kappa shape index (κ1) is 14.3. The van der Waals surface area contributed by atoms with Crippen LogP contribution in [0.1, 0.15) is 11.3 Å². The van der Waals surface area contributed by atoms with Crippen LogP contribution in [0.5, 0.6) is 5.75 Å². The van der Waals surface area contributed by atoms with Crippen molar-refractivity contribution in [2.45, 2.75) is 11.8 Å². The third kappa shape index (κ3) is 2.91. The molecule has 0 radical (unpaired) electrons. The summed E-state index contributed by atoms with van der Waals surface area (Å²) in [5, 5.41) is 11.8. The van der Waals surface area contributed by atoms with Crippen molar-refractivity contribution in [3.05, 3.63) is 35.7 Å². The normalized spacial score (nSPS) is 10.9. The lowest BCUT2D eigenvalue weighted by Gasteiger charge is -2.11. The van der Waals surface area contributed by atoms with Crippen LogP contribution < -0.4 is 4.74 Å². The molecule has 5 nitrogen and oxygen atoms in total. The van der Waals surface area contributed by atoms with Crippen LogP contribution in [0, 0.1) is 6.92 Å². The summed E-state index contributed by atoms with van der Waals surface area (Å²) >= 11 is 1.48. The SMILES string of the molecule is COc1cc(-c2cc(C)ccn2)nc(/C=N/O)c1SC. The smallest absolute Gasteiger partial charge is 0.136 e. The lowest BCUT2D eigenvalue weighted by molar-refractivity contribution is 0.321. The van der Waals surface area contributed by atoms with Crippen molar-refractivity contribution < 1.29 is 9.94 Å². The summed E-state index contributed by atoms with van der Waals surface area (Å²) in [7, 11) is 1.60. The number of hydrogen-bond acceptors (Lipinski definition) is 6. The van der Waals surface area contributed by atoms with Gasteiger partial charge in [0.05, 0.1) is 29.6 Å². The van der Waals surface area contributed by atoms with Gasteiger partial charge in [-0.05, 0) is 30.9 Å². The number of pyridine rings is 2. The molecule has 0 saturated heterocycles. The van der Waals surface area contributed by atoms with E-state index in [1.807, 2.05) is 31.4 Å². The summed E-state index contributed by atoms with van der Waals surface area (Å²) in [5.41, 5.74) is 3.08. The standard InChI is InChI=1S/C14H15N3O2S/c1-9-4-5-15-10(6-9)11-7-13(19-2)14(20-3)12(17-11)8-16-18/h4-8,18H,1-3H3/b16-8+. The van der Waals surface area contributed by atoms with E-state index in [2.05, 4.69) is 15.1 Å². The van der Waals surface area contributed by atoms with Crippen molar-refractivity contribution in [2.24, 2.45) is 5.16 Å². The molecule has 104 valence electrons. The maximum atomic E-state index is 8.77. The van der Waals surface area contributed by atoms with Gasteiger partial charge in [-0.15, -0.1) is 11.8 Å². The molecule has 6 heteroatoms. The zero-order valence-electron chi connectivity index (χ0n) is 11.5. The third-order valence-corrected chi connectivity index (χ3v) is 3.57. The molecule has 2 aromatic rings. The minimum absolute atomic E-state index is 0.553. The molecule has 0 fully saturated rings. The summed E-state index contributed by atoms with van der Waals surface area (Å²) < 4.78 is 5.38. The Balaban J connectivity index is 2.63. The summed E-state index contributed by atoms with van der Waals surface area (Å²) in [4.78, 5) is 9.61. The van der Waals surface area contributed by atoms with Crippen LogP contribution in [-0.2, 0) is 0 Å². The molecule has 0 saturated carbocycles. The highest BCUT2D eigenvalue weighted by molar-refractivity contribution is 7.98. The number of ether oxygens (including phenoxy) is 1. The van der Waals surface area contributed by atoms with Gasteiger partial charge in [0.2, 0.25) is 0 Å². The molecule has 20 heavy (non-hydrogen) atoms. The highest BCUT2D eigenvalue weighted by Gasteiger charge is 2.13. The van der Waals surface area contributed by atoms with Crippen LogP contribution in [0.4, 0.5) is 0 Å². The average Bonchev–Trinajstić information content (AvgIpc) is 2.46. The lowest BCUT2D eigenvalue weighted by Crippen LogP contribution is -1.99. The second-order valence-electron chi connectivity index (χ2n) is 4.09. The Morgan fingerprint density at radius 2 is 2.15 bits per heavy atom. The highest BCUT2D eigenvalue weighted by Crippen LogP contribution is 2.32. The second-order valence-corrected chi connectivity index (χ2v) is 4.91. The van der Waals surface area contributed by atoms with Gasteiger partial charge >= 0.3 is 0 Å². The van der Waals surface area contributed by atoms with Gasteiger partial charge in [-0.3, -0.25) is 4.98 Å². The number of rotatable bonds is 4. The summed E-state index contributed by atoms with van der Waals surface area (Å²) in [6, 6.07) is 5.70. The Bertz CT molecular complexity index is 644. The number of aryl methyl sites for hydroxylation is 1.